The quantitative estimate of drug-likeness (QED) is 0.610. The van der Waals surface area contributed by atoms with Crippen molar-refractivity contribution in [1.82, 2.24) is 4.90 Å². The fraction of sp³-hybridized carbons (Fsp3) is 0.353. The third kappa shape index (κ3) is 2.75. The molecule has 0 unspecified atom stereocenters. The Kier molecular flexibility index (Phi) is 4.73. The van der Waals surface area contributed by atoms with Crippen LogP contribution >= 0.6 is 23.5 Å². The number of carbonyl (C=O) groups excluding carboxylic acids is 2. The zero-order valence-corrected chi connectivity index (χ0v) is 15.5. The van der Waals surface area contributed by atoms with Crippen LogP contribution in [0.2, 0.25) is 0 Å². The molecule has 0 aromatic heterocycles. The van der Waals surface area contributed by atoms with Crippen molar-refractivity contribution < 1.29 is 14.3 Å². The Hall–Kier alpha value is -1.73. The van der Waals surface area contributed by atoms with Crippen LogP contribution in [0.4, 0.5) is 0 Å². The normalized spacial score (nSPS) is 23.2. The van der Waals surface area contributed by atoms with E-state index in [0.29, 0.717) is 16.4 Å². The summed E-state index contributed by atoms with van der Waals surface area (Å²) in [7, 11) is 1.35. The number of amidine groups is 1. The van der Waals surface area contributed by atoms with Gasteiger partial charge in [0.25, 0.3) is 0 Å². The Balaban J connectivity index is 2.14. The summed E-state index contributed by atoms with van der Waals surface area (Å²) in [6.45, 7) is 3.64. The fourth-order valence-electron chi connectivity index (χ4n) is 2.88. The van der Waals surface area contributed by atoms with Gasteiger partial charge in [-0.2, -0.15) is 0 Å². The van der Waals surface area contributed by atoms with Gasteiger partial charge in [0.15, 0.2) is 5.17 Å². The maximum Gasteiger partial charge on any atom is 0.338 e. The topological polar surface area (TPSA) is 59.0 Å². The minimum Gasteiger partial charge on any atom is -0.466 e. The highest BCUT2D eigenvalue weighted by molar-refractivity contribution is 8.15. The first-order valence-corrected chi connectivity index (χ1v) is 9.59. The van der Waals surface area contributed by atoms with Gasteiger partial charge in [0.05, 0.1) is 29.7 Å². The van der Waals surface area contributed by atoms with Gasteiger partial charge < -0.3 is 4.74 Å². The first-order valence-electron chi connectivity index (χ1n) is 7.49. The molecular weight excluding hydrogens is 344 g/mol. The second kappa shape index (κ2) is 6.64. The van der Waals surface area contributed by atoms with Gasteiger partial charge >= 0.3 is 5.97 Å². The summed E-state index contributed by atoms with van der Waals surface area (Å²) in [5.74, 6) is -0.488. The van der Waals surface area contributed by atoms with Crippen LogP contribution in [0, 0.1) is 0 Å². The molecule has 1 fully saturated rings. The summed E-state index contributed by atoms with van der Waals surface area (Å²) in [4.78, 5) is 32.2. The molecule has 0 radical (unpaired) electrons. The van der Waals surface area contributed by atoms with Crippen molar-refractivity contribution in [3.8, 4) is 0 Å². The van der Waals surface area contributed by atoms with Crippen molar-refractivity contribution in [3.05, 3.63) is 41.1 Å². The van der Waals surface area contributed by atoms with Gasteiger partial charge in [0, 0.05) is 4.90 Å². The summed E-state index contributed by atoms with van der Waals surface area (Å²) >= 11 is 3.07. The van der Waals surface area contributed by atoms with Crippen LogP contribution in [0.1, 0.15) is 25.5 Å². The number of esters is 1. The van der Waals surface area contributed by atoms with E-state index in [1.807, 2.05) is 37.4 Å². The van der Waals surface area contributed by atoms with Gasteiger partial charge in [-0.3, -0.25) is 9.69 Å². The number of benzene rings is 1. The molecule has 1 aromatic carbocycles. The molecule has 126 valence electrons. The third-order valence-electron chi connectivity index (χ3n) is 4.10. The highest BCUT2D eigenvalue weighted by Crippen LogP contribution is 2.43. The zero-order chi connectivity index (χ0) is 17.4. The number of allylic oxidation sites excluding steroid dienone is 1. The highest BCUT2D eigenvalue weighted by Gasteiger charge is 2.46. The number of fused-ring (bicyclic) bond motifs is 1. The molecule has 0 spiro atoms. The Morgan fingerprint density at radius 1 is 1.33 bits per heavy atom. The van der Waals surface area contributed by atoms with E-state index < -0.39 is 12.0 Å². The second-order valence-corrected chi connectivity index (χ2v) is 7.72. The van der Waals surface area contributed by atoms with Crippen LogP contribution in [0.3, 0.4) is 0 Å². The number of hydrogen-bond acceptors (Lipinski definition) is 6. The van der Waals surface area contributed by atoms with Crippen LogP contribution < -0.4 is 0 Å². The average Bonchev–Trinajstić information content (AvgIpc) is 2.87. The number of amides is 1. The van der Waals surface area contributed by atoms with E-state index in [4.69, 9.17) is 4.74 Å². The van der Waals surface area contributed by atoms with Gasteiger partial charge in [-0.15, -0.1) is 11.8 Å². The summed E-state index contributed by atoms with van der Waals surface area (Å²) in [5.41, 5.74) is 1.89. The predicted octanol–water partition coefficient (Wildman–Crippen LogP) is 3.23. The van der Waals surface area contributed by atoms with Crippen LogP contribution in [-0.4, -0.2) is 40.6 Å². The minimum absolute atomic E-state index is 0.0356. The molecule has 7 heteroatoms. The van der Waals surface area contributed by atoms with E-state index in [1.54, 1.807) is 23.6 Å². The maximum atomic E-state index is 12.7. The number of thioether (sulfide) groups is 2. The van der Waals surface area contributed by atoms with Gasteiger partial charge in [-0.25, -0.2) is 9.79 Å². The van der Waals surface area contributed by atoms with E-state index in [1.165, 1.54) is 18.9 Å². The third-order valence-corrected chi connectivity index (χ3v) is 5.89. The summed E-state index contributed by atoms with van der Waals surface area (Å²) in [6.07, 6.45) is 2.01. The molecule has 0 saturated carbocycles. The largest absolute Gasteiger partial charge is 0.466 e. The fourth-order valence-corrected chi connectivity index (χ4v) is 4.31. The smallest absolute Gasteiger partial charge is 0.338 e. The van der Waals surface area contributed by atoms with Gasteiger partial charge in [0.2, 0.25) is 5.91 Å². The number of aliphatic imine (C=N–C) groups is 1. The Morgan fingerprint density at radius 2 is 2.00 bits per heavy atom. The Morgan fingerprint density at radius 3 is 2.58 bits per heavy atom. The SMILES string of the molecule is COC(=O)C1=C(C)N=C2S[C@@H](C)C(=O)N2[C@@H]1c1ccc(SC)cc1. The molecule has 3 rings (SSSR count). The molecule has 0 bridgehead atoms. The second-order valence-electron chi connectivity index (χ2n) is 5.53. The Labute approximate surface area is 149 Å². The summed E-state index contributed by atoms with van der Waals surface area (Å²) in [6, 6.07) is 7.40. The molecule has 24 heavy (non-hydrogen) atoms. The summed E-state index contributed by atoms with van der Waals surface area (Å²) in [5, 5.41) is 0.443. The standard InChI is InChI=1S/C17H18N2O3S2/c1-9-13(16(21)22-3)14(11-5-7-12(23-4)8-6-11)19-15(20)10(2)24-17(19)18-9/h5-8,10,14H,1-4H3/t10-,14+/m0/s1. The molecular formula is C17H18N2O3S2. The maximum absolute atomic E-state index is 12.7. The van der Waals surface area contributed by atoms with E-state index >= 15 is 0 Å². The first-order chi connectivity index (χ1) is 11.5. The minimum atomic E-state index is -0.495. The zero-order valence-electron chi connectivity index (χ0n) is 13.9. The predicted molar refractivity (Wildman–Crippen MR) is 97.0 cm³/mol. The molecule has 0 aliphatic carbocycles. The number of rotatable bonds is 3. The lowest BCUT2D eigenvalue weighted by Crippen LogP contribution is -2.40. The molecule has 1 amide bonds. The lowest BCUT2D eigenvalue weighted by atomic mass is 9.94. The molecule has 2 heterocycles. The monoisotopic (exact) mass is 362 g/mol. The van der Waals surface area contributed by atoms with Crippen LogP contribution in [-0.2, 0) is 14.3 Å². The molecule has 2 aliphatic heterocycles. The molecule has 2 atom stereocenters. The van der Waals surface area contributed by atoms with Gasteiger partial charge in [0.1, 0.15) is 0 Å². The van der Waals surface area contributed by atoms with Gasteiger partial charge in [-0.05, 0) is 37.8 Å². The van der Waals surface area contributed by atoms with E-state index in [-0.39, 0.29) is 11.2 Å². The van der Waals surface area contributed by atoms with Crippen molar-refractivity contribution in [2.45, 2.75) is 30.0 Å². The molecule has 1 saturated heterocycles. The van der Waals surface area contributed by atoms with E-state index in [9.17, 15) is 9.59 Å². The number of ether oxygens (including phenoxy) is 1. The molecule has 1 aromatic rings. The van der Waals surface area contributed by atoms with Crippen molar-refractivity contribution in [2.24, 2.45) is 4.99 Å². The molecule has 2 aliphatic rings. The van der Waals surface area contributed by atoms with Gasteiger partial charge in [-0.1, -0.05) is 23.9 Å². The first kappa shape index (κ1) is 17.1. The average molecular weight is 362 g/mol. The van der Waals surface area contributed by atoms with Crippen LogP contribution in [0.15, 0.2) is 45.4 Å². The molecule has 5 nitrogen and oxygen atoms in total. The van der Waals surface area contributed by atoms with Crippen molar-refractivity contribution in [3.63, 3.8) is 0 Å². The van der Waals surface area contributed by atoms with Crippen LogP contribution in [0.5, 0.6) is 0 Å². The number of hydrogen-bond donors (Lipinski definition) is 0. The summed E-state index contributed by atoms with van der Waals surface area (Å²) < 4.78 is 4.95. The van der Waals surface area contributed by atoms with Crippen molar-refractivity contribution in [2.75, 3.05) is 13.4 Å². The van der Waals surface area contributed by atoms with E-state index in [2.05, 4.69) is 4.99 Å². The van der Waals surface area contributed by atoms with Crippen LogP contribution in [0.25, 0.3) is 0 Å². The van der Waals surface area contributed by atoms with E-state index in [0.717, 1.165) is 10.5 Å². The number of nitrogens with zero attached hydrogens (tertiary/aromatic N) is 2. The number of carbonyl (C=O) groups is 2. The lowest BCUT2D eigenvalue weighted by molar-refractivity contribution is -0.137. The lowest BCUT2D eigenvalue weighted by Gasteiger charge is -2.32. The molecule has 0 N–H and O–H groups in total. The Bertz CT molecular complexity index is 756. The number of methoxy groups -OCH3 is 1. The van der Waals surface area contributed by atoms with Crippen molar-refractivity contribution in [1.29, 1.82) is 0 Å². The van der Waals surface area contributed by atoms with Crippen molar-refractivity contribution >= 4 is 40.6 Å². The highest BCUT2D eigenvalue weighted by atomic mass is 32.2.